The van der Waals surface area contributed by atoms with Crippen LogP contribution < -0.4 is 4.87 Å². The molecule has 0 saturated carbocycles. The summed E-state index contributed by atoms with van der Waals surface area (Å²) < 4.78 is 28.1. The van der Waals surface area contributed by atoms with Crippen molar-refractivity contribution in [3.8, 4) is 0 Å². The number of sulfonamides is 1. The van der Waals surface area contributed by atoms with Gasteiger partial charge in [-0.15, -0.1) is 0 Å². The molecule has 0 aliphatic carbocycles. The quantitative estimate of drug-likeness (QED) is 0.798. The van der Waals surface area contributed by atoms with Gasteiger partial charge in [0.15, 0.2) is 0 Å². The van der Waals surface area contributed by atoms with Gasteiger partial charge in [0, 0.05) is 37.9 Å². The van der Waals surface area contributed by atoms with E-state index >= 15 is 0 Å². The van der Waals surface area contributed by atoms with Crippen molar-refractivity contribution in [1.82, 2.24) is 18.7 Å². The van der Waals surface area contributed by atoms with Gasteiger partial charge in [-0.25, -0.2) is 12.7 Å². The summed E-state index contributed by atoms with van der Waals surface area (Å²) in [6.07, 6.45) is 2.79. The molecule has 0 radical (unpaired) electrons. The number of aromatic nitrogens is 3. The Kier molecular flexibility index (Phi) is 4.11. The van der Waals surface area contributed by atoms with Crippen molar-refractivity contribution in [2.45, 2.75) is 24.9 Å². The van der Waals surface area contributed by atoms with Gasteiger partial charge in [-0.05, 0) is 6.92 Å². The first-order valence-electron chi connectivity index (χ1n) is 5.92. The van der Waals surface area contributed by atoms with Gasteiger partial charge in [0.1, 0.15) is 4.90 Å². The Morgan fingerprint density at radius 3 is 2.60 bits per heavy atom. The Labute approximate surface area is 121 Å². The molecule has 0 fully saturated rings. The van der Waals surface area contributed by atoms with E-state index in [9.17, 15) is 13.2 Å². The standard InChI is InChI=1S/C11H16N4O3S2/c1-9-8-19-11(16)15(9)5-4-14-7-10(6-12-14)20(17,18)13(2)3/h6-8H,4-5H2,1-3H3. The fourth-order valence-corrected chi connectivity index (χ4v) is 3.31. The van der Waals surface area contributed by atoms with Crippen molar-refractivity contribution in [3.05, 3.63) is 33.1 Å². The molecule has 0 spiro atoms. The van der Waals surface area contributed by atoms with Crippen LogP contribution >= 0.6 is 11.3 Å². The summed E-state index contributed by atoms with van der Waals surface area (Å²) in [5, 5.41) is 5.82. The molecule has 2 aromatic heterocycles. The molecular formula is C11H16N4O3S2. The van der Waals surface area contributed by atoms with Gasteiger partial charge in [0.25, 0.3) is 0 Å². The maximum atomic E-state index is 11.9. The minimum atomic E-state index is -3.46. The van der Waals surface area contributed by atoms with Crippen LogP contribution in [0, 0.1) is 6.92 Å². The predicted molar refractivity (Wildman–Crippen MR) is 76.4 cm³/mol. The fourth-order valence-electron chi connectivity index (χ4n) is 1.69. The van der Waals surface area contributed by atoms with E-state index in [-0.39, 0.29) is 9.77 Å². The molecule has 0 aliphatic heterocycles. The second-order valence-electron chi connectivity index (χ2n) is 4.52. The van der Waals surface area contributed by atoms with Crippen LogP contribution in [-0.4, -0.2) is 41.2 Å². The van der Waals surface area contributed by atoms with Crippen LogP contribution in [0.25, 0.3) is 0 Å². The highest BCUT2D eigenvalue weighted by Gasteiger charge is 2.19. The zero-order chi connectivity index (χ0) is 14.9. The molecule has 2 aromatic rings. The lowest BCUT2D eigenvalue weighted by atomic mass is 10.5. The van der Waals surface area contributed by atoms with Crippen LogP contribution in [0.15, 0.2) is 27.5 Å². The third kappa shape index (κ3) is 2.84. The van der Waals surface area contributed by atoms with Crippen LogP contribution in [-0.2, 0) is 23.1 Å². The highest BCUT2D eigenvalue weighted by Crippen LogP contribution is 2.11. The average Bonchev–Trinajstić information content (AvgIpc) is 2.96. The third-order valence-electron chi connectivity index (χ3n) is 2.92. The Bertz CT molecular complexity index is 755. The van der Waals surface area contributed by atoms with Gasteiger partial charge in [0.05, 0.1) is 12.7 Å². The number of thiazole rings is 1. The minimum Gasteiger partial charge on any atom is -0.301 e. The van der Waals surface area contributed by atoms with E-state index in [0.717, 1.165) is 21.3 Å². The van der Waals surface area contributed by atoms with Crippen molar-refractivity contribution in [3.63, 3.8) is 0 Å². The predicted octanol–water partition coefficient (Wildman–Crippen LogP) is 0.365. The molecule has 0 amide bonds. The van der Waals surface area contributed by atoms with E-state index in [1.807, 2.05) is 6.92 Å². The highest BCUT2D eigenvalue weighted by molar-refractivity contribution is 7.89. The van der Waals surface area contributed by atoms with Gasteiger partial charge in [-0.3, -0.25) is 9.48 Å². The van der Waals surface area contributed by atoms with E-state index in [1.54, 1.807) is 9.95 Å². The Morgan fingerprint density at radius 2 is 2.05 bits per heavy atom. The van der Waals surface area contributed by atoms with Crippen molar-refractivity contribution in [2.24, 2.45) is 0 Å². The first-order chi connectivity index (χ1) is 9.32. The van der Waals surface area contributed by atoms with Crippen molar-refractivity contribution in [1.29, 1.82) is 0 Å². The van der Waals surface area contributed by atoms with Crippen molar-refractivity contribution in [2.75, 3.05) is 14.1 Å². The zero-order valence-corrected chi connectivity index (χ0v) is 13.1. The maximum absolute atomic E-state index is 11.9. The number of aryl methyl sites for hydroxylation is 2. The summed E-state index contributed by atoms with van der Waals surface area (Å²) in [7, 11) is -0.515. The van der Waals surface area contributed by atoms with Crippen LogP contribution in [0.1, 0.15) is 5.69 Å². The Hall–Kier alpha value is -1.45. The normalized spacial score (nSPS) is 12.2. The van der Waals surface area contributed by atoms with Crippen LogP contribution in [0.4, 0.5) is 0 Å². The van der Waals surface area contributed by atoms with Crippen LogP contribution in [0.2, 0.25) is 0 Å². The highest BCUT2D eigenvalue weighted by atomic mass is 32.2. The molecule has 0 atom stereocenters. The SMILES string of the molecule is Cc1csc(=O)n1CCn1cc(S(=O)(=O)N(C)C)cn1. The molecule has 0 unspecified atom stereocenters. The largest absolute Gasteiger partial charge is 0.307 e. The Morgan fingerprint density at radius 1 is 1.35 bits per heavy atom. The molecule has 0 aliphatic rings. The van der Waals surface area contributed by atoms with Crippen molar-refractivity contribution < 1.29 is 8.42 Å². The van der Waals surface area contributed by atoms with E-state index < -0.39 is 10.0 Å². The van der Waals surface area contributed by atoms with Gasteiger partial charge in [-0.1, -0.05) is 11.3 Å². The van der Waals surface area contributed by atoms with E-state index in [4.69, 9.17) is 0 Å². The summed E-state index contributed by atoms with van der Waals surface area (Å²) in [5.74, 6) is 0. The lowest BCUT2D eigenvalue weighted by Crippen LogP contribution is -2.22. The monoisotopic (exact) mass is 316 g/mol. The summed E-state index contributed by atoms with van der Waals surface area (Å²) in [5.41, 5.74) is 0.897. The second kappa shape index (κ2) is 5.51. The van der Waals surface area contributed by atoms with Gasteiger partial charge >= 0.3 is 4.87 Å². The molecule has 110 valence electrons. The third-order valence-corrected chi connectivity index (χ3v) is 5.57. The van der Waals surface area contributed by atoms with Crippen molar-refractivity contribution >= 4 is 21.4 Å². The molecule has 2 rings (SSSR count). The molecule has 0 saturated heterocycles. The summed E-state index contributed by atoms with van der Waals surface area (Å²) in [6.45, 7) is 2.78. The lowest BCUT2D eigenvalue weighted by molar-refractivity contribution is 0.515. The van der Waals surface area contributed by atoms with Gasteiger partial charge < -0.3 is 4.57 Å². The summed E-state index contributed by atoms with van der Waals surface area (Å²) >= 11 is 1.15. The first kappa shape index (κ1) is 14.9. The molecule has 9 heteroatoms. The molecule has 20 heavy (non-hydrogen) atoms. The lowest BCUT2D eigenvalue weighted by Gasteiger charge is -2.08. The minimum absolute atomic E-state index is 0.0178. The number of rotatable bonds is 5. The number of hydrogen-bond donors (Lipinski definition) is 0. The summed E-state index contributed by atoms with van der Waals surface area (Å²) in [4.78, 5) is 11.7. The summed E-state index contributed by atoms with van der Waals surface area (Å²) in [6, 6.07) is 0. The van der Waals surface area contributed by atoms with E-state index in [2.05, 4.69) is 5.10 Å². The number of nitrogens with zero attached hydrogens (tertiary/aromatic N) is 4. The Balaban J connectivity index is 2.14. The first-order valence-corrected chi connectivity index (χ1v) is 8.24. The van der Waals surface area contributed by atoms with E-state index in [1.165, 1.54) is 31.2 Å². The maximum Gasteiger partial charge on any atom is 0.307 e. The second-order valence-corrected chi connectivity index (χ2v) is 7.49. The molecule has 0 bridgehead atoms. The van der Waals surface area contributed by atoms with E-state index in [0.29, 0.717) is 13.1 Å². The van der Waals surface area contributed by atoms with Crippen LogP contribution in [0.5, 0.6) is 0 Å². The topological polar surface area (TPSA) is 77.2 Å². The molecule has 0 N–H and O–H groups in total. The molecule has 7 nitrogen and oxygen atoms in total. The fraction of sp³-hybridized carbons (Fsp3) is 0.455. The van der Waals surface area contributed by atoms with Crippen LogP contribution in [0.3, 0.4) is 0 Å². The average molecular weight is 316 g/mol. The molecule has 0 aromatic carbocycles. The zero-order valence-electron chi connectivity index (χ0n) is 11.5. The van der Waals surface area contributed by atoms with Gasteiger partial charge in [0.2, 0.25) is 10.0 Å². The molecule has 2 heterocycles. The van der Waals surface area contributed by atoms with Gasteiger partial charge in [-0.2, -0.15) is 5.10 Å². The number of hydrogen-bond acceptors (Lipinski definition) is 5. The molecular weight excluding hydrogens is 300 g/mol. The smallest absolute Gasteiger partial charge is 0.301 e.